The minimum atomic E-state index is 0. The number of hydrogen-bond acceptors (Lipinski definition) is 2. The standard InChI is InChI=1S/C22H27N5.HI/c1-18(19-9-4-3-5-10-19)15-24-22(23-2)25-16-20-11-6-7-12-21(20)17-27-14-8-13-26-27;/h3-14,18H,15-17H2,1-2H3,(H2,23,24,25);1H. The lowest BCUT2D eigenvalue weighted by Gasteiger charge is -2.17. The topological polar surface area (TPSA) is 54.2 Å². The largest absolute Gasteiger partial charge is 0.356 e. The Hall–Kier alpha value is -2.35. The molecule has 0 saturated heterocycles. The second kappa shape index (κ2) is 11.5. The van der Waals surface area contributed by atoms with Gasteiger partial charge in [0.25, 0.3) is 0 Å². The maximum atomic E-state index is 4.35. The molecule has 0 aliphatic rings. The van der Waals surface area contributed by atoms with Crippen LogP contribution in [0.25, 0.3) is 0 Å². The van der Waals surface area contributed by atoms with Crippen molar-refractivity contribution in [3.8, 4) is 0 Å². The Balaban J connectivity index is 0.00000280. The molecule has 28 heavy (non-hydrogen) atoms. The van der Waals surface area contributed by atoms with E-state index in [1.807, 2.05) is 23.0 Å². The van der Waals surface area contributed by atoms with E-state index in [0.29, 0.717) is 5.92 Å². The zero-order valence-corrected chi connectivity index (χ0v) is 18.7. The van der Waals surface area contributed by atoms with Gasteiger partial charge < -0.3 is 10.6 Å². The third-order valence-corrected chi connectivity index (χ3v) is 4.62. The summed E-state index contributed by atoms with van der Waals surface area (Å²) in [6.07, 6.45) is 3.79. The molecule has 1 heterocycles. The third kappa shape index (κ3) is 6.37. The Morgan fingerprint density at radius 3 is 2.39 bits per heavy atom. The highest BCUT2D eigenvalue weighted by Gasteiger charge is 2.07. The molecule has 0 spiro atoms. The van der Waals surface area contributed by atoms with Gasteiger partial charge in [0, 0.05) is 32.5 Å². The second-order valence-corrected chi connectivity index (χ2v) is 6.59. The summed E-state index contributed by atoms with van der Waals surface area (Å²) in [4.78, 5) is 4.35. The van der Waals surface area contributed by atoms with Gasteiger partial charge in [0.2, 0.25) is 0 Å². The van der Waals surface area contributed by atoms with Crippen molar-refractivity contribution < 1.29 is 0 Å². The number of aliphatic imine (C=N–C) groups is 1. The van der Waals surface area contributed by atoms with Crippen LogP contribution in [0.3, 0.4) is 0 Å². The van der Waals surface area contributed by atoms with Crippen molar-refractivity contribution in [1.82, 2.24) is 20.4 Å². The van der Waals surface area contributed by atoms with Gasteiger partial charge in [-0.2, -0.15) is 5.10 Å². The fourth-order valence-electron chi connectivity index (χ4n) is 3.00. The monoisotopic (exact) mass is 489 g/mol. The third-order valence-electron chi connectivity index (χ3n) is 4.62. The SMILES string of the molecule is CN=C(NCc1ccccc1Cn1cccn1)NCC(C)c1ccccc1.I. The molecule has 0 aliphatic carbocycles. The van der Waals surface area contributed by atoms with Crippen LogP contribution < -0.4 is 10.6 Å². The van der Waals surface area contributed by atoms with Crippen LogP contribution in [-0.4, -0.2) is 29.3 Å². The van der Waals surface area contributed by atoms with E-state index >= 15 is 0 Å². The van der Waals surface area contributed by atoms with Crippen molar-refractivity contribution in [3.05, 3.63) is 89.7 Å². The van der Waals surface area contributed by atoms with Gasteiger partial charge in [0.1, 0.15) is 0 Å². The van der Waals surface area contributed by atoms with Gasteiger partial charge >= 0.3 is 0 Å². The lowest BCUT2D eigenvalue weighted by molar-refractivity contribution is 0.674. The Morgan fingerprint density at radius 1 is 1.00 bits per heavy atom. The number of hydrogen-bond donors (Lipinski definition) is 2. The van der Waals surface area contributed by atoms with E-state index in [1.165, 1.54) is 16.7 Å². The lowest BCUT2D eigenvalue weighted by Crippen LogP contribution is -2.38. The molecule has 0 fully saturated rings. The number of nitrogens with zero attached hydrogens (tertiary/aromatic N) is 3. The summed E-state index contributed by atoms with van der Waals surface area (Å²) in [5.74, 6) is 1.23. The van der Waals surface area contributed by atoms with Gasteiger partial charge in [-0.05, 0) is 28.7 Å². The molecular formula is C22H28IN5. The normalized spacial score (nSPS) is 12.1. The summed E-state index contributed by atoms with van der Waals surface area (Å²) in [5.41, 5.74) is 3.82. The highest BCUT2D eigenvalue weighted by atomic mass is 127. The molecule has 1 aromatic heterocycles. The molecule has 2 N–H and O–H groups in total. The fraction of sp³-hybridized carbons (Fsp3) is 0.273. The maximum Gasteiger partial charge on any atom is 0.191 e. The van der Waals surface area contributed by atoms with E-state index in [1.54, 1.807) is 13.2 Å². The van der Waals surface area contributed by atoms with Gasteiger partial charge in [-0.15, -0.1) is 24.0 Å². The molecule has 0 bridgehead atoms. The van der Waals surface area contributed by atoms with Crippen LogP contribution in [0, 0.1) is 0 Å². The van der Waals surface area contributed by atoms with Crippen LogP contribution in [0.4, 0.5) is 0 Å². The first-order valence-electron chi connectivity index (χ1n) is 9.30. The van der Waals surface area contributed by atoms with Gasteiger partial charge in [-0.1, -0.05) is 61.5 Å². The van der Waals surface area contributed by atoms with Crippen LogP contribution in [0.2, 0.25) is 0 Å². The molecule has 3 rings (SSSR count). The average Bonchev–Trinajstić information content (AvgIpc) is 3.23. The molecule has 6 heteroatoms. The summed E-state index contributed by atoms with van der Waals surface area (Å²) in [6.45, 7) is 4.53. The van der Waals surface area contributed by atoms with Crippen molar-refractivity contribution in [2.24, 2.45) is 4.99 Å². The van der Waals surface area contributed by atoms with Crippen molar-refractivity contribution in [2.75, 3.05) is 13.6 Å². The second-order valence-electron chi connectivity index (χ2n) is 6.59. The van der Waals surface area contributed by atoms with Crippen molar-refractivity contribution in [2.45, 2.75) is 25.9 Å². The summed E-state index contributed by atoms with van der Waals surface area (Å²) in [5, 5.41) is 11.1. The van der Waals surface area contributed by atoms with Crippen molar-refractivity contribution >= 4 is 29.9 Å². The van der Waals surface area contributed by atoms with E-state index < -0.39 is 0 Å². The van der Waals surface area contributed by atoms with E-state index in [-0.39, 0.29) is 24.0 Å². The van der Waals surface area contributed by atoms with Crippen molar-refractivity contribution in [3.63, 3.8) is 0 Å². The van der Waals surface area contributed by atoms with Gasteiger partial charge in [-0.3, -0.25) is 9.67 Å². The summed E-state index contributed by atoms with van der Waals surface area (Å²) in [6, 6.07) is 20.9. The highest BCUT2D eigenvalue weighted by Crippen LogP contribution is 2.13. The van der Waals surface area contributed by atoms with Crippen LogP contribution in [-0.2, 0) is 13.1 Å². The van der Waals surface area contributed by atoms with E-state index in [2.05, 4.69) is 76.2 Å². The number of benzene rings is 2. The van der Waals surface area contributed by atoms with Crippen LogP contribution in [0.1, 0.15) is 29.5 Å². The number of aromatic nitrogens is 2. The minimum absolute atomic E-state index is 0. The first kappa shape index (κ1) is 21.9. The van der Waals surface area contributed by atoms with Gasteiger partial charge in [0.15, 0.2) is 5.96 Å². The summed E-state index contributed by atoms with van der Waals surface area (Å²) >= 11 is 0. The minimum Gasteiger partial charge on any atom is -0.356 e. The zero-order valence-electron chi connectivity index (χ0n) is 16.4. The molecule has 0 radical (unpaired) electrons. The van der Waals surface area contributed by atoms with Gasteiger partial charge in [-0.25, -0.2) is 0 Å². The highest BCUT2D eigenvalue weighted by molar-refractivity contribution is 14.0. The fourth-order valence-corrected chi connectivity index (χ4v) is 3.00. The quantitative estimate of drug-likeness (QED) is 0.300. The molecule has 2 aromatic carbocycles. The van der Waals surface area contributed by atoms with E-state index in [9.17, 15) is 0 Å². The smallest absolute Gasteiger partial charge is 0.191 e. The van der Waals surface area contributed by atoms with E-state index in [0.717, 1.165) is 25.6 Å². The Labute approximate surface area is 184 Å². The summed E-state index contributed by atoms with van der Waals surface area (Å²) in [7, 11) is 1.80. The molecule has 0 amide bonds. The molecule has 3 aromatic rings. The van der Waals surface area contributed by atoms with Gasteiger partial charge in [0.05, 0.1) is 6.54 Å². The number of guanidine groups is 1. The molecule has 148 valence electrons. The summed E-state index contributed by atoms with van der Waals surface area (Å²) < 4.78 is 1.94. The first-order chi connectivity index (χ1) is 13.3. The first-order valence-corrected chi connectivity index (χ1v) is 9.30. The number of halogens is 1. The Morgan fingerprint density at radius 2 is 1.71 bits per heavy atom. The lowest BCUT2D eigenvalue weighted by atomic mass is 10.0. The van der Waals surface area contributed by atoms with Crippen LogP contribution >= 0.6 is 24.0 Å². The maximum absolute atomic E-state index is 4.35. The number of rotatable bonds is 7. The molecule has 1 atom stereocenters. The van der Waals surface area contributed by atoms with Crippen molar-refractivity contribution in [1.29, 1.82) is 0 Å². The predicted octanol–water partition coefficient (Wildman–Crippen LogP) is 4.02. The predicted molar refractivity (Wildman–Crippen MR) is 126 cm³/mol. The Bertz CT molecular complexity index is 846. The molecule has 5 nitrogen and oxygen atoms in total. The molecule has 0 aliphatic heterocycles. The van der Waals surface area contributed by atoms with E-state index in [4.69, 9.17) is 0 Å². The number of nitrogens with one attached hydrogen (secondary N) is 2. The molecule has 1 unspecified atom stereocenters. The molecular weight excluding hydrogens is 461 g/mol. The zero-order chi connectivity index (χ0) is 18.9. The van der Waals surface area contributed by atoms with Crippen LogP contribution in [0.15, 0.2) is 78.0 Å². The van der Waals surface area contributed by atoms with Crippen LogP contribution in [0.5, 0.6) is 0 Å². The average molecular weight is 489 g/mol. The Kier molecular flexibility index (Phi) is 9.00. The molecule has 0 saturated carbocycles.